The number of hydrogen-bond acceptors (Lipinski definition) is 2. The van der Waals surface area contributed by atoms with Crippen molar-refractivity contribution in [3.8, 4) is 0 Å². The zero-order valence-electron chi connectivity index (χ0n) is 11.6. The molecule has 1 aromatic rings. The van der Waals surface area contributed by atoms with Gasteiger partial charge in [-0.2, -0.15) is 0 Å². The van der Waals surface area contributed by atoms with Crippen LogP contribution in [0.3, 0.4) is 0 Å². The average molecular weight is 284 g/mol. The van der Waals surface area contributed by atoms with Gasteiger partial charge in [0.2, 0.25) is 5.91 Å². The summed E-state index contributed by atoms with van der Waals surface area (Å²) in [6, 6.07) is 2.74. The Labute approximate surface area is 116 Å². The van der Waals surface area contributed by atoms with Gasteiger partial charge in [-0.3, -0.25) is 9.59 Å². The molecule has 20 heavy (non-hydrogen) atoms. The maximum absolute atomic E-state index is 13.3. The molecule has 1 aromatic carbocycles. The summed E-state index contributed by atoms with van der Waals surface area (Å²) in [6.45, 7) is 5.07. The van der Waals surface area contributed by atoms with E-state index in [4.69, 9.17) is 0 Å². The van der Waals surface area contributed by atoms with E-state index in [0.717, 1.165) is 12.1 Å². The molecule has 1 rings (SSSR count). The van der Waals surface area contributed by atoms with Crippen LogP contribution in [-0.2, 0) is 4.79 Å². The van der Waals surface area contributed by atoms with Crippen molar-refractivity contribution in [1.82, 2.24) is 10.2 Å². The Morgan fingerprint density at radius 1 is 1.20 bits per heavy atom. The fourth-order valence-electron chi connectivity index (χ4n) is 1.79. The Hall–Kier alpha value is -1.98. The summed E-state index contributed by atoms with van der Waals surface area (Å²) >= 11 is 0. The van der Waals surface area contributed by atoms with E-state index in [2.05, 4.69) is 5.32 Å². The SMILES string of the molecule is CCN(CC)C(=O)CCNC(=O)c1ccc(F)cc1F. The summed E-state index contributed by atoms with van der Waals surface area (Å²) in [4.78, 5) is 25.0. The Bertz CT molecular complexity index is 488. The molecule has 1 N–H and O–H groups in total. The second-order valence-electron chi connectivity index (χ2n) is 4.20. The number of rotatable bonds is 6. The molecule has 4 nitrogen and oxygen atoms in total. The highest BCUT2D eigenvalue weighted by atomic mass is 19.1. The van der Waals surface area contributed by atoms with E-state index < -0.39 is 17.5 Å². The number of halogens is 2. The molecule has 0 radical (unpaired) electrons. The van der Waals surface area contributed by atoms with Crippen molar-refractivity contribution in [2.75, 3.05) is 19.6 Å². The molecular formula is C14H18F2N2O2. The zero-order chi connectivity index (χ0) is 15.1. The van der Waals surface area contributed by atoms with Crippen LogP contribution in [0.25, 0.3) is 0 Å². The summed E-state index contributed by atoms with van der Waals surface area (Å²) in [6.07, 6.45) is 0.149. The fourth-order valence-corrected chi connectivity index (χ4v) is 1.79. The number of carbonyl (C=O) groups excluding carboxylic acids is 2. The van der Waals surface area contributed by atoms with Crippen LogP contribution in [0, 0.1) is 11.6 Å². The second-order valence-corrected chi connectivity index (χ2v) is 4.20. The van der Waals surface area contributed by atoms with Crippen LogP contribution < -0.4 is 5.32 Å². The van der Waals surface area contributed by atoms with Crippen molar-refractivity contribution in [3.05, 3.63) is 35.4 Å². The van der Waals surface area contributed by atoms with Crippen LogP contribution in [0.5, 0.6) is 0 Å². The summed E-state index contributed by atoms with van der Waals surface area (Å²) in [5.74, 6) is -2.39. The molecule has 0 aliphatic carbocycles. The first-order chi connectivity index (χ1) is 9.49. The molecule has 0 saturated heterocycles. The van der Waals surface area contributed by atoms with E-state index >= 15 is 0 Å². The largest absolute Gasteiger partial charge is 0.351 e. The predicted molar refractivity (Wildman–Crippen MR) is 71.2 cm³/mol. The molecule has 0 bridgehead atoms. The van der Waals surface area contributed by atoms with Gasteiger partial charge in [-0.25, -0.2) is 8.78 Å². The third kappa shape index (κ3) is 4.29. The number of nitrogens with one attached hydrogen (secondary N) is 1. The Balaban J connectivity index is 2.50. The highest BCUT2D eigenvalue weighted by Crippen LogP contribution is 2.09. The quantitative estimate of drug-likeness (QED) is 0.868. The van der Waals surface area contributed by atoms with Crippen molar-refractivity contribution >= 4 is 11.8 Å². The number of carbonyl (C=O) groups is 2. The lowest BCUT2D eigenvalue weighted by Gasteiger charge is -2.18. The van der Waals surface area contributed by atoms with Crippen molar-refractivity contribution in [2.24, 2.45) is 0 Å². The maximum atomic E-state index is 13.3. The van der Waals surface area contributed by atoms with Crippen molar-refractivity contribution in [2.45, 2.75) is 20.3 Å². The van der Waals surface area contributed by atoms with Gasteiger partial charge in [0, 0.05) is 32.1 Å². The lowest BCUT2D eigenvalue weighted by Crippen LogP contribution is -2.34. The first-order valence-electron chi connectivity index (χ1n) is 6.50. The van der Waals surface area contributed by atoms with Gasteiger partial charge in [-0.15, -0.1) is 0 Å². The highest BCUT2D eigenvalue weighted by Gasteiger charge is 2.13. The van der Waals surface area contributed by atoms with Gasteiger partial charge in [-0.05, 0) is 26.0 Å². The number of amides is 2. The van der Waals surface area contributed by atoms with Crippen molar-refractivity contribution < 1.29 is 18.4 Å². The molecule has 0 spiro atoms. The van der Waals surface area contributed by atoms with Crippen LogP contribution in [0.15, 0.2) is 18.2 Å². The Kier molecular flexibility index (Phi) is 6.09. The summed E-state index contributed by atoms with van der Waals surface area (Å²) in [5, 5.41) is 2.44. The minimum atomic E-state index is -0.919. The Morgan fingerprint density at radius 3 is 2.40 bits per heavy atom. The predicted octanol–water partition coefficient (Wildman–Crippen LogP) is 1.95. The van der Waals surface area contributed by atoms with Crippen LogP contribution in [-0.4, -0.2) is 36.3 Å². The van der Waals surface area contributed by atoms with E-state index in [9.17, 15) is 18.4 Å². The highest BCUT2D eigenvalue weighted by molar-refractivity contribution is 5.94. The van der Waals surface area contributed by atoms with Crippen LogP contribution in [0.1, 0.15) is 30.6 Å². The standard InChI is InChI=1S/C14H18F2N2O2/c1-3-18(4-2)13(19)7-8-17-14(20)11-6-5-10(15)9-12(11)16/h5-6,9H,3-4,7-8H2,1-2H3,(H,17,20). The molecule has 0 aliphatic heterocycles. The molecule has 0 fully saturated rings. The minimum Gasteiger partial charge on any atom is -0.351 e. The molecule has 2 amide bonds. The first-order valence-corrected chi connectivity index (χ1v) is 6.50. The van der Waals surface area contributed by atoms with Crippen molar-refractivity contribution in [3.63, 3.8) is 0 Å². The summed E-state index contributed by atoms with van der Waals surface area (Å²) in [7, 11) is 0. The molecule has 110 valence electrons. The topological polar surface area (TPSA) is 49.4 Å². The molecule has 6 heteroatoms. The van der Waals surface area contributed by atoms with E-state index in [0.29, 0.717) is 19.2 Å². The van der Waals surface area contributed by atoms with E-state index in [1.807, 2.05) is 13.8 Å². The second kappa shape index (κ2) is 7.57. The maximum Gasteiger partial charge on any atom is 0.254 e. The lowest BCUT2D eigenvalue weighted by molar-refractivity contribution is -0.130. The minimum absolute atomic E-state index is 0.0742. The number of benzene rings is 1. The summed E-state index contributed by atoms with van der Waals surface area (Å²) in [5.41, 5.74) is -0.235. The van der Waals surface area contributed by atoms with Gasteiger partial charge in [0.1, 0.15) is 11.6 Å². The first kappa shape index (κ1) is 16.1. The Morgan fingerprint density at radius 2 is 1.85 bits per heavy atom. The van der Waals surface area contributed by atoms with E-state index in [1.54, 1.807) is 4.90 Å². The molecule has 0 atom stereocenters. The van der Waals surface area contributed by atoms with Gasteiger partial charge < -0.3 is 10.2 Å². The summed E-state index contributed by atoms with van der Waals surface area (Å²) < 4.78 is 26.1. The third-order valence-corrected chi connectivity index (χ3v) is 2.92. The lowest BCUT2D eigenvalue weighted by atomic mass is 10.2. The van der Waals surface area contributed by atoms with Gasteiger partial charge in [0.15, 0.2) is 0 Å². The average Bonchev–Trinajstić information content (AvgIpc) is 2.39. The molecule has 0 heterocycles. The van der Waals surface area contributed by atoms with E-state index in [1.165, 1.54) is 0 Å². The van der Waals surface area contributed by atoms with E-state index in [-0.39, 0.29) is 24.4 Å². The normalized spacial score (nSPS) is 10.2. The van der Waals surface area contributed by atoms with Gasteiger partial charge >= 0.3 is 0 Å². The van der Waals surface area contributed by atoms with Gasteiger partial charge in [-0.1, -0.05) is 0 Å². The monoisotopic (exact) mass is 284 g/mol. The number of nitrogens with zero attached hydrogens (tertiary/aromatic N) is 1. The molecule has 0 saturated carbocycles. The van der Waals surface area contributed by atoms with Crippen LogP contribution >= 0.6 is 0 Å². The zero-order valence-corrected chi connectivity index (χ0v) is 11.6. The molecule has 0 aromatic heterocycles. The smallest absolute Gasteiger partial charge is 0.254 e. The van der Waals surface area contributed by atoms with Gasteiger partial charge in [0.05, 0.1) is 5.56 Å². The molecule has 0 aliphatic rings. The van der Waals surface area contributed by atoms with Gasteiger partial charge in [0.25, 0.3) is 5.91 Å². The van der Waals surface area contributed by atoms with Crippen LogP contribution in [0.2, 0.25) is 0 Å². The van der Waals surface area contributed by atoms with Crippen LogP contribution in [0.4, 0.5) is 8.78 Å². The van der Waals surface area contributed by atoms with Crippen molar-refractivity contribution in [1.29, 1.82) is 0 Å². The fraction of sp³-hybridized carbons (Fsp3) is 0.429. The molecular weight excluding hydrogens is 266 g/mol. The number of hydrogen-bond donors (Lipinski definition) is 1. The third-order valence-electron chi connectivity index (χ3n) is 2.92. The molecule has 0 unspecified atom stereocenters.